The van der Waals surface area contributed by atoms with Gasteiger partial charge >= 0.3 is 0 Å². The van der Waals surface area contributed by atoms with Gasteiger partial charge in [0.25, 0.3) is 0 Å². The lowest BCUT2D eigenvalue weighted by Crippen LogP contribution is -2.34. The van der Waals surface area contributed by atoms with E-state index < -0.39 is 14.6 Å². The van der Waals surface area contributed by atoms with Gasteiger partial charge in [0.15, 0.2) is 9.84 Å². The average molecular weight is 361 g/mol. The van der Waals surface area contributed by atoms with Crippen molar-refractivity contribution in [3.05, 3.63) is 36.2 Å². The van der Waals surface area contributed by atoms with Gasteiger partial charge in [-0.3, -0.25) is 9.98 Å². The van der Waals surface area contributed by atoms with Crippen LogP contribution in [0.3, 0.4) is 0 Å². The third-order valence-electron chi connectivity index (χ3n) is 5.43. The van der Waals surface area contributed by atoms with Crippen LogP contribution < -0.4 is 0 Å². The molecule has 1 saturated carbocycles. The standard InChI is InChI=1S/C20H28N2O2S/c1-20(2,3)25(23,24)14-15-6-8-16(9-7-15)18-10-11-19(22-18)17-5-4-12-21-13-17/h4-5,11-13,15-16H,6-10,14H2,1-3H3. The normalized spacial score (nSPS) is 24.8. The molecule has 0 radical (unpaired) electrons. The molecule has 2 heterocycles. The number of nitrogens with zero attached hydrogens (tertiary/aromatic N) is 2. The lowest BCUT2D eigenvalue weighted by atomic mass is 9.80. The van der Waals surface area contributed by atoms with Crippen molar-refractivity contribution in [3.63, 3.8) is 0 Å². The summed E-state index contributed by atoms with van der Waals surface area (Å²) >= 11 is 0. The van der Waals surface area contributed by atoms with Crippen molar-refractivity contribution in [1.82, 2.24) is 4.98 Å². The van der Waals surface area contributed by atoms with E-state index in [1.807, 2.05) is 18.3 Å². The molecular formula is C20H28N2O2S. The van der Waals surface area contributed by atoms with Gasteiger partial charge in [-0.1, -0.05) is 6.08 Å². The van der Waals surface area contributed by atoms with Gasteiger partial charge in [-0.2, -0.15) is 0 Å². The van der Waals surface area contributed by atoms with Crippen molar-refractivity contribution in [2.45, 2.75) is 57.6 Å². The fraction of sp³-hybridized carbons (Fsp3) is 0.600. The Morgan fingerprint density at radius 3 is 2.48 bits per heavy atom. The smallest absolute Gasteiger partial charge is 0.155 e. The quantitative estimate of drug-likeness (QED) is 0.805. The summed E-state index contributed by atoms with van der Waals surface area (Å²) < 4.78 is 24.2. The highest BCUT2D eigenvalue weighted by molar-refractivity contribution is 7.92. The SMILES string of the molecule is CC(C)(C)S(=O)(=O)CC1CCC(C2=NC(c3cccnc3)=CC2)CC1. The first-order valence-electron chi connectivity index (χ1n) is 9.16. The number of aromatic nitrogens is 1. The van der Waals surface area contributed by atoms with Crippen molar-refractivity contribution in [2.75, 3.05) is 5.75 Å². The Bertz CT molecular complexity index is 766. The molecule has 4 nitrogen and oxygen atoms in total. The minimum Gasteiger partial charge on any atom is -0.264 e. The van der Waals surface area contributed by atoms with Crippen LogP contribution in [-0.2, 0) is 9.84 Å². The maximum atomic E-state index is 12.4. The number of hydrogen-bond acceptors (Lipinski definition) is 4. The van der Waals surface area contributed by atoms with E-state index in [9.17, 15) is 8.42 Å². The van der Waals surface area contributed by atoms with Crippen LogP contribution in [-0.4, -0.2) is 29.6 Å². The molecule has 0 unspecified atom stereocenters. The van der Waals surface area contributed by atoms with Crippen molar-refractivity contribution < 1.29 is 8.42 Å². The fourth-order valence-corrected chi connectivity index (χ4v) is 5.08. The van der Waals surface area contributed by atoms with Crippen LogP contribution in [0.1, 0.15) is 58.4 Å². The van der Waals surface area contributed by atoms with Crippen LogP contribution in [0.4, 0.5) is 0 Å². The van der Waals surface area contributed by atoms with Crippen LogP contribution in [0.15, 0.2) is 35.6 Å². The summed E-state index contributed by atoms with van der Waals surface area (Å²) in [5, 5.41) is 0. The van der Waals surface area contributed by atoms with Crippen molar-refractivity contribution in [3.8, 4) is 0 Å². The van der Waals surface area contributed by atoms with E-state index in [1.54, 1.807) is 27.0 Å². The molecule has 0 bridgehead atoms. The Balaban J connectivity index is 1.57. The first-order valence-corrected chi connectivity index (χ1v) is 10.8. The van der Waals surface area contributed by atoms with E-state index in [4.69, 9.17) is 4.99 Å². The van der Waals surface area contributed by atoms with E-state index >= 15 is 0 Å². The number of pyridine rings is 1. The van der Waals surface area contributed by atoms with Crippen LogP contribution in [0, 0.1) is 11.8 Å². The van der Waals surface area contributed by atoms with Crippen LogP contribution in [0.25, 0.3) is 5.70 Å². The van der Waals surface area contributed by atoms with Gasteiger partial charge in [0, 0.05) is 30.1 Å². The Hall–Kier alpha value is -1.49. The lowest BCUT2D eigenvalue weighted by Gasteiger charge is -2.30. The zero-order valence-corrected chi connectivity index (χ0v) is 16.2. The summed E-state index contributed by atoms with van der Waals surface area (Å²) in [5.74, 6) is 1.13. The highest BCUT2D eigenvalue weighted by Crippen LogP contribution is 2.35. The summed E-state index contributed by atoms with van der Waals surface area (Å²) in [6.07, 6.45) is 10.8. The lowest BCUT2D eigenvalue weighted by molar-refractivity contribution is 0.342. The first kappa shape index (κ1) is 18.3. The molecule has 0 N–H and O–H groups in total. The average Bonchev–Trinajstić information content (AvgIpc) is 3.05. The highest BCUT2D eigenvalue weighted by Gasteiger charge is 2.34. The van der Waals surface area contributed by atoms with Gasteiger partial charge in [0.1, 0.15) is 0 Å². The summed E-state index contributed by atoms with van der Waals surface area (Å²) in [5.41, 5.74) is 3.36. The topological polar surface area (TPSA) is 59.4 Å². The molecule has 1 aliphatic carbocycles. The van der Waals surface area contributed by atoms with E-state index in [0.717, 1.165) is 43.4 Å². The molecule has 1 aromatic rings. The second-order valence-corrected chi connectivity index (χ2v) is 11.0. The van der Waals surface area contributed by atoms with Gasteiger partial charge in [-0.15, -0.1) is 0 Å². The largest absolute Gasteiger partial charge is 0.264 e. The molecule has 3 rings (SSSR count). The van der Waals surface area contributed by atoms with E-state index in [2.05, 4.69) is 11.1 Å². The maximum Gasteiger partial charge on any atom is 0.155 e. The Kier molecular flexibility index (Phi) is 5.14. The fourth-order valence-electron chi connectivity index (χ4n) is 3.62. The Labute approximate surface area is 151 Å². The number of rotatable bonds is 4. The predicted octanol–water partition coefficient (Wildman–Crippen LogP) is 4.29. The molecule has 0 saturated heterocycles. The first-order chi connectivity index (χ1) is 11.8. The molecule has 0 spiro atoms. The molecule has 136 valence electrons. The minimum absolute atomic E-state index is 0.299. The predicted molar refractivity (Wildman–Crippen MR) is 103 cm³/mol. The van der Waals surface area contributed by atoms with Gasteiger partial charge < -0.3 is 0 Å². The summed E-state index contributed by atoms with van der Waals surface area (Å²) in [6.45, 7) is 5.40. The molecule has 5 heteroatoms. The van der Waals surface area contributed by atoms with Crippen molar-refractivity contribution in [2.24, 2.45) is 16.8 Å². The molecule has 1 aromatic heterocycles. The van der Waals surface area contributed by atoms with Crippen molar-refractivity contribution in [1.29, 1.82) is 0 Å². The van der Waals surface area contributed by atoms with E-state index in [0.29, 0.717) is 17.6 Å². The van der Waals surface area contributed by atoms with Gasteiger partial charge in [-0.05, 0) is 70.4 Å². The third kappa shape index (κ3) is 4.20. The maximum absolute atomic E-state index is 12.4. The van der Waals surface area contributed by atoms with Gasteiger partial charge in [0.2, 0.25) is 0 Å². The number of aliphatic imine (C=N–C) groups is 1. The Morgan fingerprint density at radius 1 is 1.16 bits per heavy atom. The van der Waals surface area contributed by atoms with Gasteiger partial charge in [0.05, 0.1) is 16.2 Å². The molecule has 1 fully saturated rings. The molecule has 25 heavy (non-hydrogen) atoms. The van der Waals surface area contributed by atoms with E-state index in [1.165, 1.54) is 5.71 Å². The second-order valence-electron chi connectivity index (χ2n) is 8.25. The third-order valence-corrected chi connectivity index (χ3v) is 8.21. The van der Waals surface area contributed by atoms with Crippen molar-refractivity contribution >= 4 is 21.2 Å². The number of allylic oxidation sites excluding steroid dienone is 1. The van der Waals surface area contributed by atoms with Gasteiger partial charge in [-0.25, -0.2) is 8.42 Å². The zero-order valence-electron chi connectivity index (χ0n) is 15.4. The molecule has 1 aliphatic heterocycles. The van der Waals surface area contributed by atoms with Crippen LogP contribution >= 0.6 is 0 Å². The van der Waals surface area contributed by atoms with Crippen LogP contribution in [0.5, 0.6) is 0 Å². The number of sulfone groups is 1. The second kappa shape index (κ2) is 7.02. The van der Waals surface area contributed by atoms with Crippen LogP contribution in [0.2, 0.25) is 0 Å². The molecule has 0 aromatic carbocycles. The summed E-state index contributed by atoms with van der Waals surface area (Å²) in [6, 6.07) is 3.98. The Morgan fingerprint density at radius 2 is 1.88 bits per heavy atom. The summed E-state index contributed by atoms with van der Waals surface area (Å²) in [4.78, 5) is 9.00. The number of hydrogen-bond donors (Lipinski definition) is 0. The minimum atomic E-state index is -3.03. The highest BCUT2D eigenvalue weighted by atomic mass is 32.2. The zero-order chi connectivity index (χ0) is 18.1. The molecule has 2 aliphatic rings. The molecule has 0 amide bonds. The summed E-state index contributed by atoms with van der Waals surface area (Å²) in [7, 11) is -3.03. The van der Waals surface area contributed by atoms with E-state index in [-0.39, 0.29) is 0 Å². The monoisotopic (exact) mass is 360 g/mol. The molecule has 0 atom stereocenters. The molecular weight excluding hydrogens is 332 g/mol.